The van der Waals surface area contributed by atoms with Crippen molar-refractivity contribution in [1.82, 2.24) is 5.32 Å². The van der Waals surface area contributed by atoms with E-state index in [4.69, 9.17) is 5.73 Å². The summed E-state index contributed by atoms with van der Waals surface area (Å²) in [6.07, 6.45) is 5.45. The summed E-state index contributed by atoms with van der Waals surface area (Å²) in [4.78, 5) is 23.1. The number of benzene rings is 1. The van der Waals surface area contributed by atoms with Crippen molar-refractivity contribution in [2.75, 3.05) is 0 Å². The zero-order chi connectivity index (χ0) is 14.8. The van der Waals surface area contributed by atoms with Crippen molar-refractivity contribution in [3.05, 3.63) is 35.9 Å². The van der Waals surface area contributed by atoms with E-state index >= 15 is 0 Å². The number of nitrogens with one attached hydrogen (secondary N) is 1. The smallest absolute Gasteiger partial charge is 0.251 e. The number of carbonyl (C=O) groups excluding carboxylic acids is 2. The van der Waals surface area contributed by atoms with Crippen LogP contribution in [0.25, 0.3) is 0 Å². The molecule has 1 atom stereocenters. The average Bonchev–Trinajstić information content (AvgIpc) is 2.43. The molecule has 0 radical (unpaired) electrons. The monoisotopic (exact) mass is 276 g/mol. The van der Waals surface area contributed by atoms with Gasteiger partial charge in [-0.3, -0.25) is 9.59 Å². The standard InChI is InChI=1S/C16H24N2O2/c1-2-3-4-8-11-14(12-15(17)19)18-16(20)13-9-6-5-7-10-13/h5-7,9-10,14H,2-4,8,11-12H2,1H3,(H2,17,19)(H,18,20). The molecule has 0 spiro atoms. The number of hydrogen-bond donors (Lipinski definition) is 2. The van der Waals surface area contributed by atoms with Crippen molar-refractivity contribution in [2.45, 2.75) is 51.5 Å². The second-order valence-electron chi connectivity index (χ2n) is 5.06. The van der Waals surface area contributed by atoms with Crippen LogP contribution in [0.1, 0.15) is 55.8 Å². The van der Waals surface area contributed by atoms with Gasteiger partial charge < -0.3 is 11.1 Å². The fourth-order valence-corrected chi connectivity index (χ4v) is 2.14. The minimum absolute atomic E-state index is 0.146. The molecule has 1 aromatic carbocycles. The minimum Gasteiger partial charge on any atom is -0.370 e. The quantitative estimate of drug-likeness (QED) is 0.680. The Bertz CT molecular complexity index is 418. The lowest BCUT2D eigenvalue weighted by Gasteiger charge is -2.17. The maximum atomic E-state index is 12.1. The molecule has 20 heavy (non-hydrogen) atoms. The van der Waals surface area contributed by atoms with Crippen molar-refractivity contribution in [1.29, 1.82) is 0 Å². The van der Waals surface area contributed by atoms with Gasteiger partial charge in [0, 0.05) is 18.0 Å². The Kier molecular flexibility index (Phi) is 7.40. The fourth-order valence-electron chi connectivity index (χ4n) is 2.14. The molecule has 1 aromatic rings. The van der Waals surface area contributed by atoms with Crippen molar-refractivity contribution in [3.63, 3.8) is 0 Å². The Morgan fingerprint density at radius 2 is 1.85 bits per heavy atom. The van der Waals surface area contributed by atoms with Crippen molar-refractivity contribution < 1.29 is 9.59 Å². The topological polar surface area (TPSA) is 72.2 Å². The first-order valence-corrected chi connectivity index (χ1v) is 7.27. The number of amides is 2. The molecule has 0 bridgehead atoms. The number of primary amides is 1. The van der Waals surface area contributed by atoms with Gasteiger partial charge in [0.2, 0.25) is 5.91 Å². The minimum atomic E-state index is -0.376. The molecule has 0 aliphatic rings. The lowest BCUT2D eigenvalue weighted by Crippen LogP contribution is -2.37. The molecule has 4 nitrogen and oxygen atoms in total. The van der Waals surface area contributed by atoms with E-state index in [1.165, 1.54) is 6.42 Å². The summed E-state index contributed by atoms with van der Waals surface area (Å²) in [6, 6.07) is 8.85. The van der Waals surface area contributed by atoms with Crippen LogP contribution in [0.15, 0.2) is 30.3 Å². The van der Waals surface area contributed by atoms with Crippen molar-refractivity contribution in [3.8, 4) is 0 Å². The molecule has 2 amide bonds. The van der Waals surface area contributed by atoms with Crippen LogP contribution < -0.4 is 11.1 Å². The molecule has 110 valence electrons. The third kappa shape index (κ3) is 6.36. The number of unbranched alkanes of at least 4 members (excludes halogenated alkanes) is 3. The molecule has 0 saturated heterocycles. The van der Waals surface area contributed by atoms with E-state index in [-0.39, 0.29) is 24.3 Å². The summed E-state index contributed by atoms with van der Waals surface area (Å²) in [5, 5.41) is 2.90. The largest absolute Gasteiger partial charge is 0.370 e. The predicted octanol–water partition coefficient (Wildman–Crippen LogP) is 2.63. The maximum Gasteiger partial charge on any atom is 0.251 e. The first-order valence-electron chi connectivity index (χ1n) is 7.27. The highest BCUT2D eigenvalue weighted by molar-refractivity contribution is 5.94. The second kappa shape index (κ2) is 9.13. The molecule has 4 heteroatoms. The summed E-state index contributed by atoms with van der Waals surface area (Å²) in [6.45, 7) is 2.15. The second-order valence-corrected chi connectivity index (χ2v) is 5.06. The van der Waals surface area contributed by atoms with Crippen LogP contribution in [0.4, 0.5) is 0 Å². The molecule has 0 aliphatic heterocycles. The number of nitrogens with two attached hydrogens (primary N) is 1. The van der Waals surface area contributed by atoms with E-state index < -0.39 is 0 Å². The van der Waals surface area contributed by atoms with Crippen LogP contribution in [0, 0.1) is 0 Å². The van der Waals surface area contributed by atoms with Gasteiger partial charge in [-0.05, 0) is 18.6 Å². The summed E-state index contributed by atoms with van der Waals surface area (Å²) < 4.78 is 0. The Hall–Kier alpha value is -1.84. The first kappa shape index (κ1) is 16.2. The van der Waals surface area contributed by atoms with Crippen LogP contribution in [0.3, 0.4) is 0 Å². The maximum absolute atomic E-state index is 12.1. The lowest BCUT2D eigenvalue weighted by atomic mass is 10.0. The highest BCUT2D eigenvalue weighted by atomic mass is 16.2. The van der Waals surface area contributed by atoms with Gasteiger partial charge in [0.25, 0.3) is 5.91 Å². The van der Waals surface area contributed by atoms with E-state index in [2.05, 4.69) is 12.2 Å². The van der Waals surface area contributed by atoms with Crippen LogP contribution >= 0.6 is 0 Å². The van der Waals surface area contributed by atoms with Gasteiger partial charge in [0.05, 0.1) is 0 Å². The zero-order valence-electron chi connectivity index (χ0n) is 12.1. The highest BCUT2D eigenvalue weighted by Gasteiger charge is 2.15. The van der Waals surface area contributed by atoms with Crippen LogP contribution in [0.5, 0.6) is 0 Å². The van der Waals surface area contributed by atoms with Gasteiger partial charge in [0.15, 0.2) is 0 Å². The van der Waals surface area contributed by atoms with Crippen molar-refractivity contribution in [2.24, 2.45) is 5.73 Å². The van der Waals surface area contributed by atoms with Gasteiger partial charge >= 0.3 is 0 Å². The average molecular weight is 276 g/mol. The molecule has 0 saturated carbocycles. The van der Waals surface area contributed by atoms with Crippen LogP contribution in [-0.4, -0.2) is 17.9 Å². The molecule has 1 unspecified atom stereocenters. The highest BCUT2D eigenvalue weighted by Crippen LogP contribution is 2.09. The molecule has 0 aliphatic carbocycles. The first-order chi connectivity index (χ1) is 9.63. The number of rotatable bonds is 9. The van der Waals surface area contributed by atoms with Crippen LogP contribution in [-0.2, 0) is 4.79 Å². The third-order valence-electron chi connectivity index (χ3n) is 3.22. The molecule has 0 aromatic heterocycles. The summed E-state index contributed by atoms with van der Waals surface area (Å²) in [5.41, 5.74) is 5.85. The number of hydrogen-bond acceptors (Lipinski definition) is 2. The van der Waals surface area contributed by atoms with E-state index in [1.54, 1.807) is 12.1 Å². The third-order valence-corrected chi connectivity index (χ3v) is 3.22. The summed E-state index contributed by atoms with van der Waals surface area (Å²) in [5.74, 6) is -0.522. The summed E-state index contributed by atoms with van der Waals surface area (Å²) >= 11 is 0. The SMILES string of the molecule is CCCCCCC(CC(N)=O)NC(=O)c1ccccc1. The van der Waals surface area contributed by atoms with Gasteiger partial charge in [-0.25, -0.2) is 0 Å². The Balaban J connectivity index is 2.51. The Labute approximate surface area is 120 Å². The van der Waals surface area contributed by atoms with E-state index in [1.807, 2.05) is 18.2 Å². The zero-order valence-corrected chi connectivity index (χ0v) is 12.1. The Morgan fingerprint density at radius 1 is 1.15 bits per heavy atom. The van der Waals surface area contributed by atoms with Crippen molar-refractivity contribution >= 4 is 11.8 Å². The van der Waals surface area contributed by atoms with Crippen LogP contribution in [0.2, 0.25) is 0 Å². The normalized spacial score (nSPS) is 11.8. The fraction of sp³-hybridized carbons (Fsp3) is 0.500. The van der Waals surface area contributed by atoms with Gasteiger partial charge in [-0.2, -0.15) is 0 Å². The predicted molar refractivity (Wildman–Crippen MR) is 80.3 cm³/mol. The molecular formula is C16H24N2O2. The van der Waals surface area contributed by atoms with Gasteiger partial charge in [-0.15, -0.1) is 0 Å². The number of carbonyl (C=O) groups is 2. The molecule has 0 heterocycles. The molecular weight excluding hydrogens is 252 g/mol. The Morgan fingerprint density at radius 3 is 2.45 bits per heavy atom. The molecule has 3 N–H and O–H groups in total. The van der Waals surface area contributed by atoms with Gasteiger partial charge in [0.1, 0.15) is 0 Å². The lowest BCUT2D eigenvalue weighted by molar-refractivity contribution is -0.118. The van der Waals surface area contributed by atoms with E-state index in [0.717, 1.165) is 25.7 Å². The molecule has 1 rings (SSSR count). The molecule has 0 fully saturated rings. The van der Waals surface area contributed by atoms with Gasteiger partial charge in [-0.1, -0.05) is 50.8 Å². The van der Waals surface area contributed by atoms with E-state index in [0.29, 0.717) is 5.56 Å². The van der Waals surface area contributed by atoms with E-state index in [9.17, 15) is 9.59 Å². The summed E-state index contributed by atoms with van der Waals surface area (Å²) in [7, 11) is 0.